The molecule has 2 saturated carbocycles. The van der Waals surface area contributed by atoms with Gasteiger partial charge in [-0.1, -0.05) is 6.92 Å². The van der Waals surface area contributed by atoms with Crippen LogP contribution in [0.25, 0.3) is 0 Å². The van der Waals surface area contributed by atoms with Crippen molar-refractivity contribution in [2.75, 3.05) is 0 Å². The molecule has 0 radical (unpaired) electrons. The standard InChI is InChI=1S/C13H19F5/c1-6-2-8(14)12(9(15)3-6)7-4-10(16)13(18)11(17)5-7/h6-13H,2-5H2,1H3. The predicted octanol–water partition coefficient (Wildman–Crippen LogP) is 4.13. The van der Waals surface area contributed by atoms with Crippen molar-refractivity contribution in [2.24, 2.45) is 17.8 Å². The average Bonchev–Trinajstić information content (AvgIpc) is 2.24. The summed E-state index contributed by atoms with van der Waals surface area (Å²) in [7, 11) is 0. The first-order valence-electron chi connectivity index (χ1n) is 6.60. The van der Waals surface area contributed by atoms with Crippen LogP contribution in [0.4, 0.5) is 22.0 Å². The normalized spacial score (nSPS) is 54.3. The summed E-state index contributed by atoms with van der Waals surface area (Å²) in [6.07, 6.45) is -8.81. The lowest BCUT2D eigenvalue weighted by Gasteiger charge is -2.41. The van der Waals surface area contributed by atoms with Gasteiger partial charge in [-0.25, -0.2) is 22.0 Å². The second-order valence-corrected chi connectivity index (χ2v) is 5.89. The van der Waals surface area contributed by atoms with E-state index in [0.717, 1.165) is 0 Å². The van der Waals surface area contributed by atoms with Gasteiger partial charge in [0.1, 0.15) is 24.7 Å². The van der Waals surface area contributed by atoms with Gasteiger partial charge in [-0.15, -0.1) is 0 Å². The van der Waals surface area contributed by atoms with Crippen LogP contribution in [-0.2, 0) is 0 Å². The fourth-order valence-corrected chi connectivity index (χ4v) is 3.47. The Hall–Kier alpha value is -0.350. The van der Waals surface area contributed by atoms with Crippen molar-refractivity contribution in [3.05, 3.63) is 0 Å². The topological polar surface area (TPSA) is 0 Å². The number of rotatable bonds is 1. The maximum absolute atomic E-state index is 13.9. The lowest BCUT2D eigenvalue weighted by Crippen LogP contribution is -2.46. The molecule has 4 atom stereocenters. The second-order valence-electron chi connectivity index (χ2n) is 5.89. The van der Waals surface area contributed by atoms with Crippen molar-refractivity contribution in [1.29, 1.82) is 0 Å². The van der Waals surface area contributed by atoms with E-state index in [0.29, 0.717) is 0 Å². The third-order valence-electron chi connectivity index (χ3n) is 4.38. The third kappa shape index (κ3) is 2.64. The molecule has 0 spiro atoms. The second kappa shape index (κ2) is 5.33. The molecule has 0 aromatic rings. The number of alkyl halides is 5. The van der Waals surface area contributed by atoms with Gasteiger partial charge in [0.05, 0.1) is 0 Å². The first kappa shape index (κ1) is 14.1. The van der Waals surface area contributed by atoms with Crippen LogP contribution in [0.3, 0.4) is 0 Å². The molecular formula is C13H19F5. The van der Waals surface area contributed by atoms with Gasteiger partial charge >= 0.3 is 0 Å². The summed E-state index contributed by atoms with van der Waals surface area (Å²) >= 11 is 0. The maximum Gasteiger partial charge on any atom is 0.162 e. The van der Waals surface area contributed by atoms with Crippen molar-refractivity contribution in [3.63, 3.8) is 0 Å². The zero-order valence-electron chi connectivity index (χ0n) is 10.3. The zero-order valence-corrected chi connectivity index (χ0v) is 10.3. The number of hydrogen-bond acceptors (Lipinski definition) is 0. The highest BCUT2D eigenvalue weighted by atomic mass is 19.2. The molecule has 0 nitrogen and oxygen atoms in total. The molecule has 0 amide bonds. The molecule has 0 aromatic heterocycles. The molecule has 0 bridgehead atoms. The van der Waals surface area contributed by atoms with E-state index in [1.165, 1.54) is 0 Å². The fraction of sp³-hybridized carbons (Fsp3) is 1.00. The van der Waals surface area contributed by atoms with Crippen LogP contribution in [0.2, 0.25) is 0 Å². The molecular weight excluding hydrogens is 251 g/mol. The van der Waals surface area contributed by atoms with Crippen molar-refractivity contribution in [1.82, 2.24) is 0 Å². The quantitative estimate of drug-likeness (QED) is 0.628. The largest absolute Gasteiger partial charge is 0.247 e. The van der Waals surface area contributed by atoms with Gasteiger partial charge in [-0.2, -0.15) is 0 Å². The Bertz CT molecular complexity index is 261. The summed E-state index contributed by atoms with van der Waals surface area (Å²) in [5.41, 5.74) is 0. The molecule has 2 rings (SSSR count). The highest BCUT2D eigenvalue weighted by molar-refractivity contribution is 4.96. The molecule has 5 heteroatoms. The van der Waals surface area contributed by atoms with Gasteiger partial charge in [0, 0.05) is 5.92 Å². The summed E-state index contributed by atoms with van der Waals surface area (Å²) in [4.78, 5) is 0. The van der Waals surface area contributed by atoms with Gasteiger partial charge in [0.25, 0.3) is 0 Å². The van der Waals surface area contributed by atoms with Gasteiger partial charge in [0.2, 0.25) is 0 Å². The highest BCUT2D eigenvalue weighted by Crippen LogP contribution is 2.44. The van der Waals surface area contributed by atoms with Crippen molar-refractivity contribution in [2.45, 2.75) is 63.5 Å². The van der Waals surface area contributed by atoms with Crippen molar-refractivity contribution >= 4 is 0 Å². The van der Waals surface area contributed by atoms with Crippen molar-refractivity contribution < 1.29 is 22.0 Å². The van der Waals surface area contributed by atoms with E-state index in [-0.39, 0.29) is 31.6 Å². The Morgan fingerprint density at radius 1 is 0.667 bits per heavy atom. The van der Waals surface area contributed by atoms with Gasteiger partial charge in [0.15, 0.2) is 6.17 Å². The minimum atomic E-state index is -2.14. The summed E-state index contributed by atoms with van der Waals surface area (Å²) in [6, 6.07) is 0. The van der Waals surface area contributed by atoms with E-state index < -0.39 is 42.7 Å². The Labute approximate surface area is 104 Å². The zero-order chi connectivity index (χ0) is 13.4. The molecule has 2 aliphatic carbocycles. The molecule has 2 aliphatic rings. The van der Waals surface area contributed by atoms with Gasteiger partial charge in [-0.05, 0) is 37.5 Å². The fourth-order valence-electron chi connectivity index (χ4n) is 3.47. The predicted molar refractivity (Wildman–Crippen MR) is 59.1 cm³/mol. The molecule has 18 heavy (non-hydrogen) atoms. The van der Waals surface area contributed by atoms with E-state index in [2.05, 4.69) is 0 Å². The minimum absolute atomic E-state index is 0.0499. The average molecular weight is 270 g/mol. The van der Waals surface area contributed by atoms with E-state index in [4.69, 9.17) is 0 Å². The smallest absolute Gasteiger partial charge is 0.162 e. The first-order valence-corrected chi connectivity index (χ1v) is 6.60. The number of hydrogen-bond donors (Lipinski definition) is 0. The summed E-state index contributed by atoms with van der Waals surface area (Å²) < 4.78 is 67.4. The summed E-state index contributed by atoms with van der Waals surface area (Å²) in [5.74, 6) is -1.74. The summed E-state index contributed by atoms with van der Waals surface area (Å²) in [5, 5.41) is 0. The molecule has 0 aromatic carbocycles. The van der Waals surface area contributed by atoms with Crippen LogP contribution >= 0.6 is 0 Å². The van der Waals surface area contributed by atoms with Crippen LogP contribution in [-0.4, -0.2) is 30.9 Å². The summed E-state index contributed by atoms with van der Waals surface area (Å²) in [6.45, 7) is 1.77. The molecule has 2 fully saturated rings. The van der Waals surface area contributed by atoms with Gasteiger partial charge < -0.3 is 0 Å². The third-order valence-corrected chi connectivity index (χ3v) is 4.38. The Morgan fingerprint density at radius 3 is 1.56 bits per heavy atom. The van der Waals surface area contributed by atoms with Crippen molar-refractivity contribution in [3.8, 4) is 0 Å². The lowest BCUT2D eigenvalue weighted by atomic mass is 9.68. The molecule has 0 heterocycles. The van der Waals surface area contributed by atoms with Crippen LogP contribution < -0.4 is 0 Å². The van der Waals surface area contributed by atoms with E-state index >= 15 is 0 Å². The number of halogens is 5. The minimum Gasteiger partial charge on any atom is -0.247 e. The SMILES string of the molecule is CC1CC(F)C(C2CC(F)C(F)C(F)C2)C(F)C1. The van der Waals surface area contributed by atoms with E-state index in [9.17, 15) is 22.0 Å². The van der Waals surface area contributed by atoms with Gasteiger partial charge in [-0.3, -0.25) is 0 Å². The van der Waals surface area contributed by atoms with Crippen LogP contribution in [0, 0.1) is 17.8 Å². The van der Waals surface area contributed by atoms with E-state index in [1.807, 2.05) is 0 Å². The molecule has 0 saturated heterocycles. The van der Waals surface area contributed by atoms with Crippen LogP contribution in [0.15, 0.2) is 0 Å². The van der Waals surface area contributed by atoms with E-state index in [1.54, 1.807) is 6.92 Å². The Balaban J connectivity index is 2.06. The monoisotopic (exact) mass is 270 g/mol. The molecule has 4 unspecified atom stereocenters. The Kier molecular flexibility index (Phi) is 4.17. The maximum atomic E-state index is 13.9. The Morgan fingerprint density at radius 2 is 1.11 bits per heavy atom. The highest BCUT2D eigenvalue weighted by Gasteiger charge is 2.48. The van der Waals surface area contributed by atoms with Crippen LogP contribution in [0.1, 0.15) is 32.6 Å². The molecule has 106 valence electrons. The first-order chi connectivity index (χ1) is 8.40. The lowest BCUT2D eigenvalue weighted by molar-refractivity contribution is -0.0491. The van der Waals surface area contributed by atoms with Crippen LogP contribution in [0.5, 0.6) is 0 Å². The molecule has 0 aliphatic heterocycles. The molecule has 0 N–H and O–H groups in total.